The molecule has 0 radical (unpaired) electrons. The molecule has 1 rings (SSSR count). The normalized spacial score (nSPS) is 14.6. The number of carbonyl (C=O) groups is 1. The van der Waals surface area contributed by atoms with Gasteiger partial charge in [0.2, 0.25) is 5.95 Å². The van der Waals surface area contributed by atoms with E-state index in [1.165, 1.54) is 6.07 Å². The summed E-state index contributed by atoms with van der Waals surface area (Å²) in [5.41, 5.74) is 0.0938. The maximum Gasteiger partial charge on any atom is 0.306 e. The first kappa shape index (κ1) is 11.5. The van der Waals surface area contributed by atoms with Gasteiger partial charge in [0.25, 0.3) is 0 Å². The van der Waals surface area contributed by atoms with Gasteiger partial charge in [0, 0.05) is 6.20 Å². The minimum absolute atomic E-state index is 0.0938. The lowest BCUT2D eigenvalue weighted by Crippen LogP contribution is -2.21. The number of aliphatic carboxylic acids is 1. The molecule has 0 saturated heterocycles. The summed E-state index contributed by atoms with van der Waals surface area (Å²) < 4.78 is 12.6. The van der Waals surface area contributed by atoms with E-state index in [9.17, 15) is 19.4 Å². The van der Waals surface area contributed by atoms with Gasteiger partial charge in [-0.25, -0.2) is 4.98 Å². The highest BCUT2D eigenvalue weighted by Gasteiger charge is 2.21. The molecule has 0 saturated carbocycles. The van der Waals surface area contributed by atoms with Gasteiger partial charge >= 0.3 is 5.97 Å². The Balaban J connectivity index is 2.75. The first-order chi connectivity index (χ1) is 7.00. The van der Waals surface area contributed by atoms with Crippen molar-refractivity contribution < 1.29 is 24.5 Å². The largest absolute Gasteiger partial charge is 0.481 e. The number of aliphatic hydroxyl groups excluding tert-OH is 2. The lowest BCUT2D eigenvalue weighted by atomic mass is 10.0. The lowest BCUT2D eigenvalue weighted by Gasteiger charge is -2.15. The van der Waals surface area contributed by atoms with E-state index in [1.54, 1.807) is 0 Å². The first-order valence-corrected chi connectivity index (χ1v) is 4.20. The van der Waals surface area contributed by atoms with Crippen LogP contribution in [0.3, 0.4) is 0 Å². The quantitative estimate of drug-likeness (QED) is 0.619. The van der Waals surface area contributed by atoms with Crippen molar-refractivity contribution in [3.8, 4) is 0 Å². The molecule has 0 amide bonds. The van der Waals surface area contributed by atoms with Crippen molar-refractivity contribution in [2.24, 2.45) is 0 Å². The predicted molar refractivity (Wildman–Crippen MR) is 47.4 cm³/mol. The van der Waals surface area contributed by atoms with Gasteiger partial charge in [0.05, 0.1) is 12.5 Å². The molecule has 2 unspecified atom stereocenters. The number of nitrogens with zero attached hydrogens (tertiary/aromatic N) is 1. The molecule has 1 aromatic heterocycles. The van der Waals surface area contributed by atoms with E-state index in [2.05, 4.69) is 4.98 Å². The van der Waals surface area contributed by atoms with Crippen LogP contribution in [0.2, 0.25) is 0 Å². The summed E-state index contributed by atoms with van der Waals surface area (Å²) in [4.78, 5) is 13.5. The van der Waals surface area contributed by atoms with E-state index in [-0.39, 0.29) is 5.56 Å². The van der Waals surface area contributed by atoms with E-state index in [0.29, 0.717) is 0 Å². The van der Waals surface area contributed by atoms with E-state index >= 15 is 0 Å². The van der Waals surface area contributed by atoms with Crippen LogP contribution in [-0.4, -0.2) is 32.4 Å². The summed E-state index contributed by atoms with van der Waals surface area (Å²) >= 11 is 0. The molecule has 0 aromatic carbocycles. The number of aromatic nitrogens is 1. The van der Waals surface area contributed by atoms with Gasteiger partial charge < -0.3 is 15.3 Å². The highest BCUT2D eigenvalue weighted by atomic mass is 19.1. The van der Waals surface area contributed by atoms with Crippen molar-refractivity contribution in [2.45, 2.75) is 18.6 Å². The average Bonchev–Trinajstić information content (AvgIpc) is 2.15. The summed E-state index contributed by atoms with van der Waals surface area (Å²) in [6.45, 7) is 0. The summed E-state index contributed by atoms with van der Waals surface area (Å²) in [6, 6.07) is 2.24. The maximum atomic E-state index is 12.6. The van der Waals surface area contributed by atoms with Crippen LogP contribution in [0.1, 0.15) is 18.1 Å². The highest BCUT2D eigenvalue weighted by Crippen LogP contribution is 2.18. The fourth-order valence-electron chi connectivity index (χ4n) is 1.11. The van der Waals surface area contributed by atoms with E-state index in [1.807, 2.05) is 0 Å². The zero-order valence-electron chi connectivity index (χ0n) is 7.67. The fourth-order valence-corrected chi connectivity index (χ4v) is 1.11. The van der Waals surface area contributed by atoms with Crippen LogP contribution < -0.4 is 0 Å². The number of halogens is 1. The second-order valence-corrected chi connectivity index (χ2v) is 3.02. The van der Waals surface area contributed by atoms with Gasteiger partial charge in [-0.1, -0.05) is 0 Å². The second-order valence-electron chi connectivity index (χ2n) is 3.02. The van der Waals surface area contributed by atoms with Crippen LogP contribution in [0.15, 0.2) is 18.3 Å². The van der Waals surface area contributed by atoms with Crippen LogP contribution in [0.25, 0.3) is 0 Å². The van der Waals surface area contributed by atoms with E-state index in [4.69, 9.17) is 5.11 Å². The molecule has 15 heavy (non-hydrogen) atoms. The summed E-state index contributed by atoms with van der Waals surface area (Å²) in [5.74, 6) is -2.04. The van der Waals surface area contributed by atoms with Gasteiger partial charge in [-0.15, -0.1) is 0 Å². The standard InChI is InChI=1S/C9H10FNO4/c10-7-3-5(1-2-11-7)9(15)6(12)4-8(13)14/h1-3,6,9,12,15H,4H2,(H,13,14). The molecule has 0 fully saturated rings. The monoisotopic (exact) mass is 215 g/mol. The molecule has 0 bridgehead atoms. The third-order valence-corrected chi connectivity index (χ3v) is 1.84. The number of aliphatic hydroxyl groups is 2. The summed E-state index contributed by atoms with van der Waals surface area (Å²) in [7, 11) is 0. The SMILES string of the molecule is O=C(O)CC(O)C(O)c1ccnc(F)c1. The van der Waals surface area contributed by atoms with Crippen molar-refractivity contribution in [3.05, 3.63) is 29.8 Å². The van der Waals surface area contributed by atoms with Crippen LogP contribution in [0.4, 0.5) is 4.39 Å². The molecular weight excluding hydrogens is 205 g/mol. The lowest BCUT2D eigenvalue weighted by molar-refractivity contribution is -0.141. The smallest absolute Gasteiger partial charge is 0.306 e. The molecule has 5 nitrogen and oxygen atoms in total. The van der Waals surface area contributed by atoms with Gasteiger partial charge in [0.15, 0.2) is 0 Å². The molecule has 1 heterocycles. The molecular formula is C9H10FNO4. The number of hydrogen-bond acceptors (Lipinski definition) is 4. The molecule has 82 valence electrons. The van der Waals surface area contributed by atoms with Crippen LogP contribution in [-0.2, 0) is 4.79 Å². The third-order valence-electron chi connectivity index (χ3n) is 1.84. The predicted octanol–water partition coefficient (Wildman–Crippen LogP) is 0.0897. The Labute approximate surface area is 84.8 Å². The van der Waals surface area contributed by atoms with Crippen molar-refractivity contribution in [3.63, 3.8) is 0 Å². The van der Waals surface area contributed by atoms with Crippen molar-refractivity contribution in [1.82, 2.24) is 4.98 Å². The number of pyridine rings is 1. The number of carboxylic acids is 1. The molecule has 0 aliphatic rings. The van der Waals surface area contributed by atoms with Gasteiger partial charge in [-0.3, -0.25) is 4.79 Å². The molecule has 1 aromatic rings. The average molecular weight is 215 g/mol. The molecule has 3 N–H and O–H groups in total. The van der Waals surface area contributed by atoms with E-state index < -0.39 is 30.5 Å². The van der Waals surface area contributed by atoms with Crippen LogP contribution >= 0.6 is 0 Å². The van der Waals surface area contributed by atoms with Crippen LogP contribution in [0, 0.1) is 5.95 Å². The Morgan fingerprint density at radius 1 is 1.53 bits per heavy atom. The number of hydrogen-bond donors (Lipinski definition) is 3. The molecule has 2 atom stereocenters. The minimum Gasteiger partial charge on any atom is -0.481 e. The van der Waals surface area contributed by atoms with Crippen molar-refractivity contribution in [2.75, 3.05) is 0 Å². The molecule has 0 aliphatic carbocycles. The zero-order valence-corrected chi connectivity index (χ0v) is 7.67. The van der Waals surface area contributed by atoms with Crippen molar-refractivity contribution in [1.29, 1.82) is 0 Å². The maximum absolute atomic E-state index is 12.6. The first-order valence-electron chi connectivity index (χ1n) is 4.20. The van der Waals surface area contributed by atoms with E-state index in [0.717, 1.165) is 12.3 Å². The Kier molecular flexibility index (Phi) is 3.70. The minimum atomic E-state index is -1.47. The fraction of sp³-hybridized carbons (Fsp3) is 0.333. The van der Waals surface area contributed by atoms with Gasteiger partial charge in [-0.2, -0.15) is 4.39 Å². The number of carboxylic acid groups (broad SMARTS) is 1. The van der Waals surface area contributed by atoms with Gasteiger partial charge in [0.1, 0.15) is 6.10 Å². The van der Waals surface area contributed by atoms with Crippen molar-refractivity contribution >= 4 is 5.97 Å². The Morgan fingerprint density at radius 2 is 2.20 bits per heavy atom. The Bertz CT molecular complexity index is 358. The van der Waals surface area contributed by atoms with Gasteiger partial charge in [-0.05, 0) is 17.7 Å². The summed E-state index contributed by atoms with van der Waals surface area (Å²) in [5, 5.41) is 27.1. The Morgan fingerprint density at radius 3 is 2.73 bits per heavy atom. The zero-order chi connectivity index (χ0) is 11.4. The number of rotatable bonds is 4. The molecule has 0 aliphatic heterocycles. The highest BCUT2D eigenvalue weighted by molar-refractivity contribution is 5.67. The third kappa shape index (κ3) is 3.26. The molecule has 6 heteroatoms. The topological polar surface area (TPSA) is 90.7 Å². The summed E-state index contributed by atoms with van der Waals surface area (Å²) in [6.07, 6.45) is -2.38. The second kappa shape index (κ2) is 4.81. The molecule has 0 spiro atoms. The Hall–Kier alpha value is -1.53. The van der Waals surface area contributed by atoms with Crippen LogP contribution in [0.5, 0.6) is 0 Å².